The number of nitriles is 6. The van der Waals surface area contributed by atoms with Gasteiger partial charge in [-0.1, -0.05) is 70.6 Å². The van der Waals surface area contributed by atoms with Crippen molar-refractivity contribution < 1.29 is 0 Å². The van der Waals surface area contributed by atoms with Gasteiger partial charge in [0.05, 0.1) is 42.8 Å². The highest BCUT2D eigenvalue weighted by Crippen LogP contribution is 2.44. The summed E-state index contributed by atoms with van der Waals surface area (Å²) in [5.41, 5.74) is -3.67. The molecule has 0 aliphatic rings. The van der Waals surface area contributed by atoms with Gasteiger partial charge in [0, 0.05) is 6.42 Å². The van der Waals surface area contributed by atoms with Crippen molar-refractivity contribution in [2.75, 3.05) is 0 Å². The molecule has 29 heavy (non-hydrogen) atoms. The van der Waals surface area contributed by atoms with Crippen LogP contribution >= 0.6 is 0 Å². The largest absolute Gasteiger partial charge is 0.198 e. The van der Waals surface area contributed by atoms with Crippen LogP contribution in [0.15, 0.2) is 0 Å². The maximum atomic E-state index is 9.51. The number of nitrogens with zero attached hydrogens (tertiary/aromatic N) is 6. The van der Waals surface area contributed by atoms with Gasteiger partial charge in [-0.3, -0.25) is 0 Å². The lowest BCUT2D eigenvalue weighted by atomic mass is 9.62. The first kappa shape index (κ1) is 25.9. The second kappa shape index (κ2) is 15.9. The lowest BCUT2D eigenvalue weighted by Crippen LogP contribution is -2.38. The van der Waals surface area contributed by atoms with Crippen molar-refractivity contribution in [3.8, 4) is 36.4 Å². The van der Waals surface area contributed by atoms with E-state index in [9.17, 15) is 21.0 Å². The molecule has 0 aromatic heterocycles. The molecule has 0 atom stereocenters. The average molecular weight is 391 g/mol. The second-order valence-electron chi connectivity index (χ2n) is 7.49. The van der Waals surface area contributed by atoms with Crippen molar-refractivity contribution >= 4 is 0 Å². The van der Waals surface area contributed by atoms with Crippen molar-refractivity contribution in [2.24, 2.45) is 10.8 Å². The minimum Gasteiger partial charge on any atom is -0.198 e. The fraction of sp³-hybridized carbons (Fsp3) is 0.739. The summed E-state index contributed by atoms with van der Waals surface area (Å²) in [7, 11) is 0. The van der Waals surface area contributed by atoms with Crippen LogP contribution in [0.3, 0.4) is 0 Å². The Hall–Kier alpha value is -3.06. The number of unbranched alkanes of at least 4 members (excludes halogenated alkanes) is 12. The van der Waals surface area contributed by atoms with Crippen LogP contribution in [0.1, 0.15) is 96.3 Å². The quantitative estimate of drug-likeness (QED) is 0.298. The third kappa shape index (κ3) is 8.66. The highest BCUT2D eigenvalue weighted by molar-refractivity contribution is 5.35. The predicted octanol–water partition coefficient (Wildman–Crippen LogP) is 5.95. The molecule has 6 heteroatoms. The molecule has 0 saturated carbocycles. The molecule has 0 amide bonds. The molecule has 0 saturated heterocycles. The van der Waals surface area contributed by atoms with Crippen LogP contribution < -0.4 is 0 Å². The third-order valence-corrected chi connectivity index (χ3v) is 5.43. The molecule has 0 unspecified atom stereocenters. The highest BCUT2D eigenvalue weighted by atomic mass is 14.6. The summed E-state index contributed by atoms with van der Waals surface area (Å²) in [5.74, 6) is 0. The Balaban J connectivity index is 4.07. The maximum absolute atomic E-state index is 9.51. The summed E-state index contributed by atoms with van der Waals surface area (Å²) < 4.78 is 0. The molecule has 0 bridgehead atoms. The van der Waals surface area contributed by atoms with E-state index < -0.39 is 17.3 Å². The molecule has 0 rings (SSSR count). The van der Waals surface area contributed by atoms with Gasteiger partial charge < -0.3 is 0 Å². The Morgan fingerprint density at radius 1 is 0.414 bits per heavy atom. The van der Waals surface area contributed by atoms with Gasteiger partial charge in [-0.2, -0.15) is 31.6 Å². The Labute approximate surface area is 175 Å². The van der Waals surface area contributed by atoms with E-state index in [1.165, 1.54) is 32.1 Å². The molecule has 0 aromatic rings. The smallest absolute Gasteiger partial charge is 0.188 e. The van der Waals surface area contributed by atoms with Crippen molar-refractivity contribution in [1.82, 2.24) is 0 Å². The lowest BCUT2D eigenvalue weighted by Gasteiger charge is -2.29. The summed E-state index contributed by atoms with van der Waals surface area (Å²) in [4.78, 5) is 0. The van der Waals surface area contributed by atoms with Crippen LogP contribution in [0.2, 0.25) is 0 Å². The van der Waals surface area contributed by atoms with Crippen LogP contribution in [-0.4, -0.2) is 0 Å². The lowest BCUT2D eigenvalue weighted by molar-refractivity contribution is 0.273. The molecule has 0 aromatic carbocycles. The maximum Gasteiger partial charge on any atom is 0.188 e. The van der Waals surface area contributed by atoms with E-state index in [0.717, 1.165) is 38.5 Å². The Morgan fingerprint density at radius 3 is 1.14 bits per heavy atom. The van der Waals surface area contributed by atoms with Crippen LogP contribution in [0.25, 0.3) is 0 Å². The molecular formula is C23H30N6. The number of rotatable bonds is 16. The van der Waals surface area contributed by atoms with Gasteiger partial charge in [0.2, 0.25) is 0 Å². The van der Waals surface area contributed by atoms with Crippen LogP contribution in [0, 0.1) is 78.8 Å². The number of hydrogen-bond donors (Lipinski definition) is 0. The normalized spacial score (nSPS) is 10.6. The van der Waals surface area contributed by atoms with Gasteiger partial charge >= 0.3 is 0 Å². The first-order valence-corrected chi connectivity index (χ1v) is 10.5. The molecule has 0 aliphatic heterocycles. The minimum absolute atomic E-state index is 0.134. The molecule has 0 spiro atoms. The van der Waals surface area contributed by atoms with E-state index >= 15 is 0 Å². The first-order valence-electron chi connectivity index (χ1n) is 10.5. The van der Waals surface area contributed by atoms with E-state index in [2.05, 4.69) is 6.07 Å². The average Bonchev–Trinajstić information content (AvgIpc) is 2.75. The third-order valence-electron chi connectivity index (χ3n) is 5.43. The Kier molecular flexibility index (Phi) is 14.3. The van der Waals surface area contributed by atoms with Gasteiger partial charge in [-0.25, -0.2) is 0 Å². The Bertz CT molecular complexity index is 685. The van der Waals surface area contributed by atoms with Crippen molar-refractivity contribution in [1.29, 1.82) is 31.6 Å². The van der Waals surface area contributed by atoms with Crippen LogP contribution in [-0.2, 0) is 0 Å². The predicted molar refractivity (Wildman–Crippen MR) is 108 cm³/mol. The summed E-state index contributed by atoms with van der Waals surface area (Å²) in [6.07, 6.45) is 13.3. The standard InChI is InChI=1S/C23H30N6/c24-16-13-11-9-7-5-3-1-2-4-6-8-10-12-14-22(18-26,19-27)23(20-28,21-29)15-17-25/h1-15H2. The molecular weight excluding hydrogens is 360 g/mol. The summed E-state index contributed by atoms with van der Waals surface area (Å²) in [5, 5.41) is 55.2. The molecule has 0 aliphatic carbocycles. The van der Waals surface area contributed by atoms with Gasteiger partial charge in [0.15, 0.2) is 10.8 Å². The van der Waals surface area contributed by atoms with Gasteiger partial charge in [0.1, 0.15) is 0 Å². The van der Waals surface area contributed by atoms with Crippen molar-refractivity contribution in [2.45, 2.75) is 96.3 Å². The highest BCUT2D eigenvalue weighted by Gasteiger charge is 2.54. The van der Waals surface area contributed by atoms with Gasteiger partial charge in [-0.05, 0) is 12.8 Å². The molecule has 0 N–H and O–H groups in total. The van der Waals surface area contributed by atoms with E-state index in [1.807, 2.05) is 12.1 Å². The topological polar surface area (TPSA) is 143 Å². The molecule has 0 fully saturated rings. The minimum atomic E-state index is -1.90. The van der Waals surface area contributed by atoms with E-state index in [1.54, 1.807) is 18.2 Å². The van der Waals surface area contributed by atoms with Gasteiger partial charge in [-0.15, -0.1) is 0 Å². The van der Waals surface area contributed by atoms with E-state index in [4.69, 9.17) is 10.5 Å². The second-order valence-corrected chi connectivity index (χ2v) is 7.49. The summed E-state index contributed by atoms with van der Waals surface area (Å²) in [6.45, 7) is 0. The molecule has 6 nitrogen and oxygen atoms in total. The molecule has 0 heterocycles. The van der Waals surface area contributed by atoms with Crippen molar-refractivity contribution in [3.63, 3.8) is 0 Å². The van der Waals surface area contributed by atoms with Gasteiger partial charge in [0.25, 0.3) is 0 Å². The first-order chi connectivity index (χ1) is 14.1. The SMILES string of the molecule is N#CCCCCCCCCCCCCCCC(C#N)(C#N)C(C#N)(C#N)CC#N. The van der Waals surface area contributed by atoms with E-state index in [-0.39, 0.29) is 6.42 Å². The molecule has 152 valence electrons. The van der Waals surface area contributed by atoms with Crippen LogP contribution in [0.5, 0.6) is 0 Å². The Morgan fingerprint density at radius 2 is 0.793 bits per heavy atom. The zero-order valence-electron chi connectivity index (χ0n) is 17.3. The molecule has 0 radical (unpaired) electrons. The van der Waals surface area contributed by atoms with Crippen molar-refractivity contribution in [3.05, 3.63) is 0 Å². The van der Waals surface area contributed by atoms with Crippen LogP contribution in [0.4, 0.5) is 0 Å². The van der Waals surface area contributed by atoms with E-state index in [0.29, 0.717) is 12.8 Å². The monoisotopic (exact) mass is 390 g/mol. The summed E-state index contributed by atoms with van der Waals surface area (Å²) in [6, 6.07) is 11.2. The number of hydrogen-bond acceptors (Lipinski definition) is 6. The summed E-state index contributed by atoms with van der Waals surface area (Å²) >= 11 is 0. The zero-order valence-corrected chi connectivity index (χ0v) is 17.3. The zero-order chi connectivity index (χ0) is 21.8. The fourth-order valence-electron chi connectivity index (χ4n) is 3.47. The fourth-order valence-corrected chi connectivity index (χ4v) is 3.47.